The van der Waals surface area contributed by atoms with Crippen molar-refractivity contribution >= 4 is 35.5 Å². The molecule has 1 aliphatic heterocycles. The molecule has 3 unspecified atom stereocenters. The molecule has 1 heterocycles. The molecule has 0 amide bonds. The van der Waals surface area contributed by atoms with Crippen LogP contribution in [0.5, 0.6) is 0 Å². The van der Waals surface area contributed by atoms with E-state index in [2.05, 4.69) is 10.6 Å². The van der Waals surface area contributed by atoms with E-state index >= 15 is 0 Å². The third kappa shape index (κ3) is 4.89. The molecule has 0 aliphatic carbocycles. The highest BCUT2D eigenvalue weighted by Crippen LogP contribution is 2.33. The first-order valence-electron chi connectivity index (χ1n) is 8.62. The third-order valence-electron chi connectivity index (χ3n) is 4.50. The van der Waals surface area contributed by atoms with Gasteiger partial charge < -0.3 is 15.3 Å². The molecule has 0 spiro atoms. The normalized spacial score (nSPS) is 23.7. The van der Waals surface area contributed by atoms with Gasteiger partial charge in [-0.1, -0.05) is 30.3 Å². The second kappa shape index (κ2) is 9.18. The molecule has 2 rings (SSSR count). The van der Waals surface area contributed by atoms with Crippen molar-refractivity contribution in [2.45, 2.75) is 42.8 Å². The van der Waals surface area contributed by atoms with Crippen LogP contribution in [-0.2, 0) is 25.6 Å². The van der Waals surface area contributed by atoms with Crippen LogP contribution in [-0.4, -0.2) is 67.8 Å². The number of thioether (sulfide) groups is 1. The molecule has 1 aliphatic rings. The zero-order chi connectivity index (χ0) is 20.9. The Labute approximate surface area is 165 Å². The second-order valence-electron chi connectivity index (χ2n) is 6.50. The van der Waals surface area contributed by atoms with Gasteiger partial charge in [0.05, 0.1) is 6.04 Å². The molecule has 10 heteroatoms. The summed E-state index contributed by atoms with van der Waals surface area (Å²) in [7, 11) is 0. The van der Waals surface area contributed by atoms with Crippen LogP contribution in [0.3, 0.4) is 0 Å². The molecular formula is C18H22N2O7S. The Balaban J connectivity index is 2.07. The lowest BCUT2D eigenvalue weighted by Crippen LogP contribution is -2.61. The predicted octanol–water partition coefficient (Wildman–Crippen LogP) is 0.190. The second-order valence-corrected chi connectivity index (χ2v) is 7.73. The molecule has 0 radical (unpaired) electrons. The van der Waals surface area contributed by atoms with Gasteiger partial charge in [-0.25, -0.2) is 4.79 Å². The van der Waals surface area contributed by atoms with Crippen LogP contribution >= 0.6 is 11.8 Å². The standard InChI is InChI=1S/C18H22N2O7S/c1-10(14(21)18(17(26)27)20-13(9-28-18)16(24)25)19-12(15(22)23)8-7-11-5-3-2-4-6-11/h2-6,10,12-13,19-20H,7-9H2,1H3,(H,22,23)(H,24,25)(H,26,27)/t10-,12?,13?,18?/m0/s1. The van der Waals surface area contributed by atoms with E-state index in [0.29, 0.717) is 18.2 Å². The highest BCUT2D eigenvalue weighted by Gasteiger charge is 2.55. The zero-order valence-electron chi connectivity index (χ0n) is 15.1. The van der Waals surface area contributed by atoms with Crippen LogP contribution in [0, 0.1) is 0 Å². The summed E-state index contributed by atoms with van der Waals surface area (Å²) in [6.07, 6.45) is 0.666. The molecular weight excluding hydrogens is 388 g/mol. The lowest BCUT2D eigenvalue weighted by atomic mass is 10.0. The van der Waals surface area contributed by atoms with E-state index in [0.717, 1.165) is 5.56 Å². The third-order valence-corrected chi connectivity index (χ3v) is 5.92. The fourth-order valence-electron chi connectivity index (χ4n) is 2.96. The fourth-order valence-corrected chi connectivity index (χ4v) is 4.27. The van der Waals surface area contributed by atoms with E-state index in [4.69, 9.17) is 5.11 Å². The lowest BCUT2D eigenvalue weighted by molar-refractivity contribution is -0.146. The number of hydrogen-bond donors (Lipinski definition) is 5. The SMILES string of the molecule is C[C@H](NC(CCc1ccccc1)C(=O)O)C(=O)C1(C(=O)O)NC(C(=O)O)CS1. The molecule has 152 valence electrons. The molecule has 0 aromatic heterocycles. The predicted molar refractivity (Wildman–Crippen MR) is 101 cm³/mol. The molecule has 4 atom stereocenters. The first-order valence-corrected chi connectivity index (χ1v) is 9.61. The van der Waals surface area contributed by atoms with E-state index < -0.39 is 46.7 Å². The van der Waals surface area contributed by atoms with Gasteiger partial charge in [0.1, 0.15) is 12.1 Å². The topological polar surface area (TPSA) is 153 Å². The van der Waals surface area contributed by atoms with Crippen molar-refractivity contribution in [3.63, 3.8) is 0 Å². The fraction of sp³-hybridized carbons (Fsp3) is 0.444. The molecule has 1 fully saturated rings. The number of rotatable bonds is 10. The summed E-state index contributed by atoms with van der Waals surface area (Å²) >= 11 is 0.688. The van der Waals surface area contributed by atoms with Crippen molar-refractivity contribution in [1.82, 2.24) is 10.6 Å². The van der Waals surface area contributed by atoms with E-state index in [-0.39, 0.29) is 12.2 Å². The average molecular weight is 410 g/mol. The number of carbonyl (C=O) groups is 4. The van der Waals surface area contributed by atoms with Gasteiger partial charge in [0.2, 0.25) is 4.87 Å². The maximum atomic E-state index is 12.8. The van der Waals surface area contributed by atoms with Gasteiger partial charge in [0.25, 0.3) is 0 Å². The minimum absolute atomic E-state index is 0.0868. The first kappa shape index (κ1) is 21.9. The Morgan fingerprint density at radius 3 is 2.36 bits per heavy atom. The number of hydrogen-bond acceptors (Lipinski definition) is 7. The van der Waals surface area contributed by atoms with E-state index in [1.807, 2.05) is 30.3 Å². The quantitative estimate of drug-likeness (QED) is 0.338. The van der Waals surface area contributed by atoms with Crippen molar-refractivity contribution < 1.29 is 34.5 Å². The zero-order valence-corrected chi connectivity index (χ0v) is 15.9. The van der Waals surface area contributed by atoms with Crippen LogP contribution in [0.4, 0.5) is 0 Å². The van der Waals surface area contributed by atoms with Crippen molar-refractivity contribution in [2.75, 3.05) is 5.75 Å². The highest BCUT2D eigenvalue weighted by atomic mass is 32.2. The Kier molecular flexibility index (Phi) is 7.17. The summed E-state index contributed by atoms with van der Waals surface area (Å²) in [4.78, 5) is 45.1. The van der Waals surface area contributed by atoms with Gasteiger partial charge in [-0.3, -0.25) is 25.0 Å². The van der Waals surface area contributed by atoms with Crippen LogP contribution in [0.25, 0.3) is 0 Å². The van der Waals surface area contributed by atoms with Crippen molar-refractivity contribution in [3.05, 3.63) is 35.9 Å². The lowest BCUT2D eigenvalue weighted by Gasteiger charge is -2.28. The van der Waals surface area contributed by atoms with E-state index in [1.54, 1.807) is 0 Å². The van der Waals surface area contributed by atoms with Crippen LogP contribution in [0.1, 0.15) is 18.9 Å². The van der Waals surface area contributed by atoms with Gasteiger partial charge in [-0.2, -0.15) is 0 Å². The smallest absolute Gasteiger partial charge is 0.342 e. The number of carbonyl (C=O) groups excluding carboxylic acids is 1. The van der Waals surface area contributed by atoms with Gasteiger partial charge in [0, 0.05) is 5.75 Å². The number of aryl methyl sites for hydroxylation is 1. The highest BCUT2D eigenvalue weighted by molar-refractivity contribution is 8.02. The molecule has 28 heavy (non-hydrogen) atoms. The summed E-state index contributed by atoms with van der Waals surface area (Å²) in [6, 6.07) is 5.89. The van der Waals surface area contributed by atoms with Crippen LogP contribution < -0.4 is 10.6 Å². The Morgan fingerprint density at radius 2 is 1.86 bits per heavy atom. The summed E-state index contributed by atoms with van der Waals surface area (Å²) in [5.74, 6) is -4.82. The minimum atomic E-state index is -2.13. The van der Waals surface area contributed by atoms with E-state index in [1.165, 1.54) is 6.92 Å². The van der Waals surface area contributed by atoms with E-state index in [9.17, 15) is 29.4 Å². The van der Waals surface area contributed by atoms with Gasteiger partial charge in [0.15, 0.2) is 5.78 Å². The summed E-state index contributed by atoms with van der Waals surface area (Å²) in [5, 5.41) is 33.1. The number of Topliss-reactive ketones (excluding diaryl/α,β-unsaturated/α-hetero) is 1. The largest absolute Gasteiger partial charge is 0.480 e. The minimum Gasteiger partial charge on any atom is -0.480 e. The Bertz CT molecular complexity index is 758. The van der Waals surface area contributed by atoms with Crippen molar-refractivity contribution in [3.8, 4) is 0 Å². The maximum Gasteiger partial charge on any atom is 0.342 e. The van der Waals surface area contributed by atoms with Crippen molar-refractivity contribution in [2.24, 2.45) is 0 Å². The number of nitrogens with one attached hydrogen (secondary N) is 2. The molecule has 0 saturated carbocycles. The maximum absolute atomic E-state index is 12.8. The average Bonchev–Trinajstić information content (AvgIpc) is 3.12. The molecule has 5 N–H and O–H groups in total. The monoisotopic (exact) mass is 410 g/mol. The van der Waals surface area contributed by atoms with Gasteiger partial charge in [-0.15, -0.1) is 11.8 Å². The summed E-state index contributed by atoms with van der Waals surface area (Å²) < 4.78 is 0. The number of carboxylic acid groups (broad SMARTS) is 3. The van der Waals surface area contributed by atoms with Gasteiger partial charge in [-0.05, 0) is 25.3 Å². The Morgan fingerprint density at radius 1 is 1.21 bits per heavy atom. The first-order chi connectivity index (χ1) is 13.2. The number of carboxylic acids is 3. The molecule has 0 bridgehead atoms. The Hall–Kier alpha value is -2.43. The number of aliphatic carboxylic acids is 3. The van der Waals surface area contributed by atoms with Crippen LogP contribution in [0.15, 0.2) is 30.3 Å². The number of benzene rings is 1. The van der Waals surface area contributed by atoms with Crippen molar-refractivity contribution in [1.29, 1.82) is 0 Å². The molecule has 9 nitrogen and oxygen atoms in total. The molecule has 1 aromatic rings. The summed E-state index contributed by atoms with van der Waals surface area (Å²) in [6.45, 7) is 1.38. The molecule has 1 saturated heterocycles. The number of ketones is 1. The summed E-state index contributed by atoms with van der Waals surface area (Å²) in [5.41, 5.74) is 0.939. The molecule has 1 aromatic carbocycles. The van der Waals surface area contributed by atoms with Gasteiger partial charge >= 0.3 is 17.9 Å². The van der Waals surface area contributed by atoms with Crippen LogP contribution in [0.2, 0.25) is 0 Å².